The van der Waals surface area contributed by atoms with Crippen molar-refractivity contribution in [2.24, 2.45) is 0 Å². The maximum absolute atomic E-state index is 6.07. The lowest BCUT2D eigenvalue weighted by molar-refractivity contribution is 0.442. The summed E-state index contributed by atoms with van der Waals surface area (Å²) in [7, 11) is 0. The van der Waals surface area contributed by atoms with Crippen molar-refractivity contribution in [3.05, 3.63) is 114 Å². The van der Waals surface area contributed by atoms with E-state index in [-0.39, 0.29) is 0 Å². The van der Waals surface area contributed by atoms with Crippen LogP contribution >= 0.6 is 0 Å². The van der Waals surface area contributed by atoms with E-state index in [1.165, 1.54) is 22.3 Å². The summed E-state index contributed by atoms with van der Waals surface area (Å²) in [4.78, 5) is 0. The van der Waals surface area contributed by atoms with Crippen LogP contribution in [0.3, 0.4) is 0 Å². The van der Waals surface area contributed by atoms with Gasteiger partial charge in [0.1, 0.15) is 23.0 Å². The van der Waals surface area contributed by atoms with E-state index in [4.69, 9.17) is 9.47 Å². The molecule has 0 aromatic heterocycles. The van der Waals surface area contributed by atoms with Crippen molar-refractivity contribution in [2.45, 2.75) is 12.8 Å². The predicted molar refractivity (Wildman–Crippen MR) is 113 cm³/mol. The van der Waals surface area contributed by atoms with Crippen molar-refractivity contribution in [1.29, 1.82) is 0 Å². The highest BCUT2D eigenvalue weighted by atomic mass is 16.5. The van der Waals surface area contributed by atoms with E-state index in [0.29, 0.717) is 0 Å². The van der Waals surface area contributed by atoms with Crippen LogP contribution in [0, 0.1) is 0 Å². The standard InChI is InChI=1S/C26H20O2/c1-2-5-9-21(8-4-1)27-23-12-14-25-19(17-23)16-20-18-24(13-15-26(20)25)28-22-10-6-3-7-11-22/h1-4,6-15,17-18H,5,16H2. The van der Waals surface area contributed by atoms with Crippen LogP contribution in [0.5, 0.6) is 17.2 Å². The van der Waals surface area contributed by atoms with Crippen LogP contribution in [0.2, 0.25) is 0 Å². The quantitative estimate of drug-likeness (QED) is 0.395. The van der Waals surface area contributed by atoms with E-state index in [9.17, 15) is 0 Å². The summed E-state index contributed by atoms with van der Waals surface area (Å²) in [6.07, 6.45) is 12.0. The number of ether oxygens (including phenoxy) is 2. The van der Waals surface area contributed by atoms with Gasteiger partial charge in [-0.05, 0) is 83.6 Å². The van der Waals surface area contributed by atoms with Gasteiger partial charge >= 0.3 is 0 Å². The zero-order chi connectivity index (χ0) is 18.8. The van der Waals surface area contributed by atoms with Crippen molar-refractivity contribution in [1.82, 2.24) is 0 Å². The van der Waals surface area contributed by atoms with Crippen molar-refractivity contribution in [2.75, 3.05) is 0 Å². The van der Waals surface area contributed by atoms with E-state index in [0.717, 1.165) is 35.8 Å². The third kappa shape index (κ3) is 3.37. The molecule has 5 rings (SSSR count). The molecule has 0 unspecified atom stereocenters. The van der Waals surface area contributed by atoms with Crippen molar-refractivity contribution >= 4 is 0 Å². The van der Waals surface area contributed by atoms with Gasteiger partial charge in [0.25, 0.3) is 0 Å². The third-order valence-electron chi connectivity index (χ3n) is 5.00. The summed E-state index contributed by atoms with van der Waals surface area (Å²) in [6.45, 7) is 0. The Morgan fingerprint density at radius 2 is 1.36 bits per heavy atom. The van der Waals surface area contributed by atoms with Crippen LogP contribution in [0.25, 0.3) is 11.1 Å². The molecule has 0 bridgehead atoms. The maximum atomic E-state index is 6.07. The van der Waals surface area contributed by atoms with Crippen LogP contribution in [-0.4, -0.2) is 0 Å². The zero-order valence-corrected chi connectivity index (χ0v) is 15.5. The number of rotatable bonds is 4. The van der Waals surface area contributed by atoms with Gasteiger partial charge in [0, 0.05) is 0 Å². The summed E-state index contributed by atoms with van der Waals surface area (Å²) in [6, 6.07) is 22.6. The molecule has 0 amide bonds. The summed E-state index contributed by atoms with van der Waals surface area (Å²) in [5.74, 6) is 3.49. The average Bonchev–Trinajstić information content (AvgIpc) is 2.87. The minimum atomic E-state index is 0.855. The molecule has 2 aliphatic rings. The molecular weight excluding hydrogens is 344 g/mol. The van der Waals surface area contributed by atoms with Gasteiger partial charge in [-0.1, -0.05) is 48.6 Å². The molecule has 0 fully saturated rings. The van der Waals surface area contributed by atoms with Gasteiger partial charge in [-0.3, -0.25) is 0 Å². The second-order valence-corrected chi connectivity index (χ2v) is 6.96. The van der Waals surface area contributed by atoms with Gasteiger partial charge in [-0.2, -0.15) is 0 Å². The number of fused-ring (bicyclic) bond motifs is 3. The van der Waals surface area contributed by atoms with E-state index < -0.39 is 0 Å². The fourth-order valence-electron chi connectivity index (χ4n) is 3.69. The molecule has 0 saturated heterocycles. The van der Waals surface area contributed by atoms with Gasteiger partial charge < -0.3 is 9.47 Å². The molecule has 136 valence electrons. The molecule has 0 saturated carbocycles. The SMILES string of the molecule is C1=CCC=C(Oc2ccc3c(c2)Cc2cc(Oc4ccccc4)ccc2-3)C=C1. The van der Waals surface area contributed by atoms with Gasteiger partial charge in [0.15, 0.2) is 0 Å². The Bertz CT molecular complexity index is 1100. The van der Waals surface area contributed by atoms with Crippen LogP contribution in [0.4, 0.5) is 0 Å². The molecule has 28 heavy (non-hydrogen) atoms. The number of allylic oxidation sites excluding steroid dienone is 5. The van der Waals surface area contributed by atoms with Gasteiger partial charge in [-0.25, -0.2) is 0 Å². The zero-order valence-electron chi connectivity index (χ0n) is 15.5. The lowest BCUT2D eigenvalue weighted by Crippen LogP contribution is -1.93. The Hall–Kier alpha value is -3.52. The van der Waals surface area contributed by atoms with E-state index in [1.54, 1.807) is 0 Å². The lowest BCUT2D eigenvalue weighted by atomic mass is 10.1. The minimum Gasteiger partial charge on any atom is -0.458 e. The predicted octanol–water partition coefficient (Wildman–Crippen LogP) is 6.83. The molecule has 2 aliphatic carbocycles. The second kappa shape index (κ2) is 7.24. The van der Waals surface area contributed by atoms with Crippen molar-refractivity contribution < 1.29 is 9.47 Å². The van der Waals surface area contributed by atoms with Crippen LogP contribution in [0.1, 0.15) is 17.5 Å². The molecule has 2 heteroatoms. The summed E-state index contributed by atoms with van der Waals surface area (Å²) in [5, 5.41) is 0. The normalized spacial score (nSPS) is 14.1. The number of benzene rings is 3. The summed E-state index contributed by atoms with van der Waals surface area (Å²) in [5.41, 5.74) is 5.14. The first-order valence-electron chi connectivity index (χ1n) is 9.55. The second-order valence-electron chi connectivity index (χ2n) is 6.96. The minimum absolute atomic E-state index is 0.855. The molecule has 0 N–H and O–H groups in total. The lowest BCUT2D eigenvalue weighted by Gasteiger charge is -2.09. The number of hydrogen-bond acceptors (Lipinski definition) is 2. The molecule has 0 heterocycles. The third-order valence-corrected chi connectivity index (χ3v) is 5.00. The van der Waals surface area contributed by atoms with Crippen molar-refractivity contribution in [3.63, 3.8) is 0 Å². The molecule has 0 radical (unpaired) electrons. The van der Waals surface area contributed by atoms with Gasteiger partial charge in [-0.15, -0.1) is 0 Å². The fourth-order valence-corrected chi connectivity index (χ4v) is 3.69. The molecule has 3 aromatic rings. The monoisotopic (exact) mass is 364 g/mol. The van der Waals surface area contributed by atoms with Gasteiger partial charge in [0.05, 0.1) is 0 Å². The summed E-state index contributed by atoms with van der Waals surface area (Å²) >= 11 is 0. The largest absolute Gasteiger partial charge is 0.458 e. The highest BCUT2D eigenvalue weighted by molar-refractivity contribution is 5.78. The Morgan fingerprint density at radius 1 is 0.643 bits per heavy atom. The van der Waals surface area contributed by atoms with Crippen LogP contribution in [0.15, 0.2) is 103 Å². The average molecular weight is 364 g/mol. The Balaban J connectivity index is 1.37. The Kier molecular flexibility index (Phi) is 4.30. The number of para-hydroxylation sites is 1. The van der Waals surface area contributed by atoms with Gasteiger partial charge in [0.2, 0.25) is 0 Å². The van der Waals surface area contributed by atoms with Crippen molar-refractivity contribution in [3.8, 4) is 28.4 Å². The molecule has 0 spiro atoms. The molecule has 2 nitrogen and oxygen atoms in total. The van der Waals surface area contributed by atoms with E-state index >= 15 is 0 Å². The Morgan fingerprint density at radius 3 is 2.11 bits per heavy atom. The molecule has 0 aliphatic heterocycles. The maximum Gasteiger partial charge on any atom is 0.127 e. The van der Waals surface area contributed by atoms with Crippen LogP contribution < -0.4 is 9.47 Å². The first kappa shape index (κ1) is 16.6. The first-order valence-corrected chi connectivity index (χ1v) is 9.55. The highest BCUT2D eigenvalue weighted by Gasteiger charge is 2.20. The first-order chi connectivity index (χ1) is 13.8. The number of hydrogen-bond donors (Lipinski definition) is 0. The molecular formula is C26H20O2. The van der Waals surface area contributed by atoms with E-state index in [1.807, 2.05) is 54.6 Å². The smallest absolute Gasteiger partial charge is 0.127 e. The Labute approximate surface area is 165 Å². The molecule has 3 aromatic carbocycles. The topological polar surface area (TPSA) is 18.5 Å². The van der Waals surface area contributed by atoms with E-state index in [2.05, 4.69) is 42.5 Å². The van der Waals surface area contributed by atoms with Crippen LogP contribution in [-0.2, 0) is 6.42 Å². The molecule has 0 atom stereocenters. The highest BCUT2D eigenvalue weighted by Crippen LogP contribution is 2.40. The fraction of sp³-hybridized carbons (Fsp3) is 0.0769. The summed E-state index contributed by atoms with van der Waals surface area (Å²) < 4.78 is 12.1.